The van der Waals surface area contributed by atoms with E-state index in [1.165, 1.54) is 35.1 Å². The van der Waals surface area contributed by atoms with Gasteiger partial charge in [0.2, 0.25) is 11.8 Å². The van der Waals surface area contributed by atoms with Crippen molar-refractivity contribution in [3.63, 3.8) is 0 Å². The molecule has 3 aromatic rings. The van der Waals surface area contributed by atoms with Crippen molar-refractivity contribution in [3.8, 4) is 11.5 Å². The molecule has 2 aliphatic heterocycles. The molecule has 192 valence electrons. The fourth-order valence-corrected chi connectivity index (χ4v) is 4.25. The van der Waals surface area contributed by atoms with Gasteiger partial charge in [0.05, 0.1) is 12.2 Å². The summed E-state index contributed by atoms with van der Waals surface area (Å²) in [5, 5.41) is 9.21. The molecular formula is C22H21F3N10O2. The van der Waals surface area contributed by atoms with Crippen LogP contribution in [0, 0.1) is 17.5 Å². The van der Waals surface area contributed by atoms with Crippen LogP contribution in [-0.4, -0.2) is 79.0 Å². The number of hydrazone groups is 1. The van der Waals surface area contributed by atoms with Crippen LogP contribution >= 0.6 is 0 Å². The lowest BCUT2D eigenvalue weighted by Gasteiger charge is -2.37. The minimum atomic E-state index is -0.857. The van der Waals surface area contributed by atoms with Crippen molar-refractivity contribution in [1.29, 1.82) is 0 Å². The number of benzene rings is 1. The number of carbonyl (C=O) groups excluding carboxylic acids is 2. The standard InChI is InChI=1S/C22H21F3N10O2/c1-32-20(30-19(31-32)18(26)36)17-15(25)11-27-21(29-17)33-4-6-34(7-5-33)22(37)35-16(2-3-28-35)12-8-13(23)10-14(24)9-12/h3,8-11,16H,2,4-7H2,1H3,(H2,26,36). The summed E-state index contributed by atoms with van der Waals surface area (Å²) >= 11 is 0. The summed E-state index contributed by atoms with van der Waals surface area (Å²) in [5.41, 5.74) is 5.37. The maximum Gasteiger partial charge on any atom is 0.341 e. The molecule has 15 heteroatoms. The van der Waals surface area contributed by atoms with Crippen LogP contribution in [0.3, 0.4) is 0 Å². The Bertz CT molecular complexity index is 1380. The SMILES string of the molecule is Cn1nc(C(N)=O)nc1-c1nc(N2CCN(C(=O)N3N=CCC3c3cc(F)cc(F)c3)CC2)ncc1F. The Kier molecular flexibility index (Phi) is 6.19. The number of hydrogen-bond acceptors (Lipinski definition) is 8. The van der Waals surface area contributed by atoms with E-state index < -0.39 is 35.4 Å². The molecule has 5 rings (SSSR count). The minimum Gasteiger partial charge on any atom is -0.363 e. The summed E-state index contributed by atoms with van der Waals surface area (Å²) in [7, 11) is 1.48. The van der Waals surface area contributed by atoms with Gasteiger partial charge in [-0.1, -0.05) is 0 Å². The fraction of sp³-hybridized carbons (Fsp3) is 0.318. The third kappa shape index (κ3) is 4.66. The molecular weight excluding hydrogens is 493 g/mol. The number of aromatic nitrogens is 5. The molecule has 2 aliphatic rings. The van der Waals surface area contributed by atoms with Gasteiger partial charge in [-0.05, 0) is 17.7 Å². The number of halogens is 3. The Morgan fingerprint density at radius 3 is 2.38 bits per heavy atom. The van der Waals surface area contributed by atoms with Gasteiger partial charge in [-0.15, -0.1) is 5.10 Å². The number of amides is 3. The van der Waals surface area contributed by atoms with E-state index in [-0.39, 0.29) is 36.4 Å². The number of primary amides is 1. The van der Waals surface area contributed by atoms with E-state index in [1.807, 2.05) is 0 Å². The van der Waals surface area contributed by atoms with E-state index in [2.05, 4.69) is 25.2 Å². The van der Waals surface area contributed by atoms with Gasteiger partial charge in [0.15, 0.2) is 11.6 Å². The highest BCUT2D eigenvalue weighted by atomic mass is 19.1. The molecule has 37 heavy (non-hydrogen) atoms. The van der Waals surface area contributed by atoms with Crippen molar-refractivity contribution in [1.82, 2.24) is 34.6 Å². The third-order valence-electron chi connectivity index (χ3n) is 6.06. The van der Waals surface area contributed by atoms with Gasteiger partial charge in [0, 0.05) is 51.9 Å². The van der Waals surface area contributed by atoms with Crippen LogP contribution in [0.15, 0.2) is 29.5 Å². The number of aryl methyl sites for hydroxylation is 1. The summed E-state index contributed by atoms with van der Waals surface area (Å²) in [5.74, 6) is -3.12. The molecule has 0 bridgehead atoms. The monoisotopic (exact) mass is 514 g/mol. The second-order valence-corrected chi connectivity index (χ2v) is 8.47. The van der Waals surface area contributed by atoms with E-state index in [4.69, 9.17) is 5.73 Å². The maximum absolute atomic E-state index is 14.5. The zero-order valence-corrected chi connectivity index (χ0v) is 19.6. The van der Waals surface area contributed by atoms with E-state index in [0.717, 1.165) is 12.3 Å². The molecule has 0 saturated carbocycles. The smallest absolute Gasteiger partial charge is 0.341 e. The van der Waals surface area contributed by atoms with Gasteiger partial charge in [-0.25, -0.2) is 42.6 Å². The molecule has 0 spiro atoms. The summed E-state index contributed by atoms with van der Waals surface area (Å²) in [6.45, 7) is 1.22. The Morgan fingerprint density at radius 2 is 1.73 bits per heavy atom. The summed E-state index contributed by atoms with van der Waals surface area (Å²) < 4.78 is 43.2. The molecule has 4 heterocycles. The van der Waals surface area contributed by atoms with Crippen molar-refractivity contribution in [2.75, 3.05) is 31.1 Å². The third-order valence-corrected chi connectivity index (χ3v) is 6.06. The normalized spacial score (nSPS) is 17.5. The lowest BCUT2D eigenvalue weighted by molar-refractivity contribution is 0.0990. The lowest BCUT2D eigenvalue weighted by Crippen LogP contribution is -2.52. The summed E-state index contributed by atoms with van der Waals surface area (Å²) in [6.07, 6.45) is 2.86. The van der Waals surface area contributed by atoms with Crippen molar-refractivity contribution in [2.24, 2.45) is 17.9 Å². The first kappa shape index (κ1) is 24.1. The van der Waals surface area contributed by atoms with Crippen LogP contribution in [-0.2, 0) is 7.05 Å². The van der Waals surface area contributed by atoms with Crippen LogP contribution < -0.4 is 10.6 Å². The Labute approximate surface area is 208 Å². The quantitative estimate of drug-likeness (QED) is 0.556. The van der Waals surface area contributed by atoms with Gasteiger partial charge < -0.3 is 15.5 Å². The molecule has 1 atom stereocenters. The molecule has 3 amide bonds. The minimum absolute atomic E-state index is 0.00971. The van der Waals surface area contributed by atoms with Gasteiger partial charge in [0.1, 0.15) is 17.3 Å². The predicted octanol–water partition coefficient (Wildman–Crippen LogP) is 1.46. The molecule has 0 aliphatic carbocycles. The van der Waals surface area contributed by atoms with Crippen LogP contribution in [0.4, 0.5) is 23.9 Å². The van der Waals surface area contributed by atoms with Gasteiger partial charge in [-0.3, -0.25) is 4.79 Å². The first-order valence-corrected chi connectivity index (χ1v) is 11.3. The Balaban J connectivity index is 1.29. The van der Waals surface area contributed by atoms with Crippen molar-refractivity contribution in [3.05, 3.63) is 53.2 Å². The summed E-state index contributed by atoms with van der Waals surface area (Å²) in [6, 6.07) is 2.13. The zero-order chi connectivity index (χ0) is 26.3. The molecule has 1 fully saturated rings. The van der Waals surface area contributed by atoms with Gasteiger partial charge in [-0.2, -0.15) is 5.10 Å². The molecule has 1 saturated heterocycles. The number of urea groups is 1. The number of carbonyl (C=O) groups is 2. The number of anilines is 1. The second-order valence-electron chi connectivity index (χ2n) is 8.47. The number of piperazine rings is 1. The first-order chi connectivity index (χ1) is 17.7. The molecule has 1 aromatic carbocycles. The number of hydrogen-bond donors (Lipinski definition) is 1. The second kappa shape index (κ2) is 9.48. The van der Waals surface area contributed by atoms with Crippen molar-refractivity contribution in [2.45, 2.75) is 12.5 Å². The molecule has 2 aromatic heterocycles. The average Bonchev–Trinajstić information content (AvgIpc) is 3.51. The van der Waals surface area contributed by atoms with E-state index in [1.54, 1.807) is 9.80 Å². The highest BCUT2D eigenvalue weighted by molar-refractivity contribution is 5.89. The van der Waals surface area contributed by atoms with Crippen molar-refractivity contribution >= 4 is 24.1 Å². The number of rotatable bonds is 4. The van der Waals surface area contributed by atoms with Crippen molar-refractivity contribution < 1.29 is 22.8 Å². The Morgan fingerprint density at radius 1 is 1.03 bits per heavy atom. The lowest BCUT2D eigenvalue weighted by atomic mass is 10.0. The van der Waals surface area contributed by atoms with Crippen LogP contribution in [0.25, 0.3) is 11.5 Å². The van der Waals surface area contributed by atoms with Crippen LogP contribution in [0.5, 0.6) is 0 Å². The van der Waals surface area contributed by atoms with E-state index >= 15 is 0 Å². The highest BCUT2D eigenvalue weighted by Crippen LogP contribution is 2.30. The largest absolute Gasteiger partial charge is 0.363 e. The number of nitrogens with two attached hydrogens (primary N) is 1. The zero-order valence-electron chi connectivity index (χ0n) is 19.6. The molecule has 1 unspecified atom stereocenters. The molecule has 12 nitrogen and oxygen atoms in total. The fourth-order valence-electron chi connectivity index (χ4n) is 4.25. The van der Waals surface area contributed by atoms with Gasteiger partial charge in [0.25, 0.3) is 5.91 Å². The van der Waals surface area contributed by atoms with Crippen LogP contribution in [0.1, 0.15) is 28.6 Å². The first-order valence-electron chi connectivity index (χ1n) is 11.3. The predicted molar refractivity (Wildman–Crippen MR) is 124 cm³/mol. The Hall–Kier alpha value is -4.56. The summed E-state index contributed by atoms with van der Waals surface area (Å²) in [4.78, 5) is 40.2. The molecule has 2 N–H and O–H groups in total. The number of nitrogens with zero attached hydrogens (tertiary/aromatic N) is 9. The van der Waals surface area contributed by atoms with Crippen LogP contribution in [0.2, 0.25) is 0 Å². The molecule has 0 radical (unpaired) electrons. The average molecular weight is 514 g/mol. The topological polar surface area (TPSA) is 139 Å². The van der Waals surface area contributed by atoms with Gasteiger partial charge >= 0.3 is 6.03 Å². The highest BCUT2D eigenvalue weighted by Gasteiger charge is 2.34. The van der Waals surface area contributed by atoms with E-state index in [9.17, 15) is 22.8 Å². The van der Waals surface area contributed by atoms with E-state index in [0.29, 0.717) is 25.1 Å². The maximum atomic E-state index is 14.5.